The molecule has 1 aromatic rings. The summed E-state index contributed by atoms with van der Waals surface area (Å²) in [4.78, 5) is 1.59. The Balaban J connectivity index is 2.28. The molecule has 0 aliphatic carbocycles. The van der Waals surface area contributed by atoms with Crippen molar-refractivity contribution in [3.05, 3.63) is 41.5 Å². The van der Waals surface area contributed by atoms with Gasteiger partial charge < -0.3 is 4.90 Å². The topological polar surface area (TPSA) is 3.24 Å². The van der Waals surface area contributed by atoms with Crippen LogP contribution < -0.4 is 0 Å². The SMILES string of the molecule is FC(F)(F)/C(=C\c1ccccc1)C(=S)N1CCCCC1. The number of alkyl halides is 3. The summed E-state index contributed by atoms with van der Waals surface area (Å²) >= 11 is 5.08. The summed E-state index contributed by atoms with van der Waals surface area (Å²) < 4.78 is 39.7. The molecule has 0 atom stereocenters. The molecular weight excluding hydrogens is 283 g/mol. The van der Waals surface area contributed by atoms with Crippen molar-refractivity contribution < 1.29 is 13.2 Å². The predicted molar refractivity (Wildman–Crippen MR) is 78.5 cm³/mol. The fraction of sp³-hybridized carbons (Fsp3) is 0.400. The molecule has 0 bridgehead atoms. The van der Waals surface area contributed by atoms with E-state index in [0.717, 1.165) is 25.3 Å². The van der Waals surface area contributed by atoms with Crippen molar-refractivity contribution in [3.63, 3.8) is 0 Å². The van der Waals surface area contributed by atoms with Crippen LogP contribution in [0.1, 0.15) is 24.8 Å². The van der Waals surface area contributed by atoms with Crippen LogP contribution in [-0.4, -0.2) is 29.2 Å². The summed E-state index contributed by atoms with van der Waals surface area (Å²) in [5, 5.41) is 0. The van der Waals surface area contributed by atoms with Gasteiger partial charge in [0.05, 0.1) is 5.57 Å². The molecule has 1 heterocycles. The molecule has 0 amide bonds. The third kappa shape index (κ3) is 3.82. The molecule has 0 unspecified atom stereocenters. The zero-order valence-corrected chi connectivity index (χ0v) is 11.8. The zero-order chi connectivity index (χ0) is 14.6. The Kier molecular flexibility index (Phi) is 4.81. The third-order valence-electron chi connectivity index (χ3n) is 3.29. The molecule has 0 saturated carbocycles. The quantitative estimate of drug-likeness (QED) is 0.586. The summed E-state index contributed by atoms with van der Waals surface area (Å²) in [7, 11) is 0. The van der Waals surface area contributed by atoms with E-state index in [2.05, 4.69) is 0 Å². The maximum absolute atomic E-state index is 13.2. The molecule has 1 nitrogen and oxygen atoms in total. The molecule has 0 N–H and O–H groups in total. The minimum absolute atomic E-state index is 0.0824. The molecule has 1 saturated heterocycles. The van der Waals surface area contributed by atoms with Gasteiger partial charge in [-0.15, -0.1) is 0 Å². The van der Waals surface area contributed by atoms with Crippen LogP contribution in [0.25, 0.3) is 6.08 Å². The van der Waals surface area contributed by atoms with Crippen LogP contribution in [0.4, 0.5) is 13.2 Å². The average Bonchev–Trinajstić information content (AvgIpc) is 2.45. The smallest absolute Gasteiger partial charge is 0.362 e. The van der Waals surface area contributed by atoms with Crippen LogP contribution in [0.3, 0.4) is 0 Å². The number of likely N-dealkylation sites (tertiary alicyclic amines) is 1. The van der Waals surface area contributed by atoms with Crippen LogP contribution >= 0.6 is 12.2 Å². The van der Waals surface area contributed by atoms with Crippen LogP contribution in [0.5, 0.6) is 0 Å². The number of benzene rings is 1. The highest BCUT2D eigenvalue weighted by atomic mass is 32.1. The fourth-order valence-electron chi connectivity index (χ4n) is 2.25. The van der Waals surface area contributed by atoms with Gasteiger partial charge >= 0.3 is 6.18 Å². The van der Waals surface area contributed by atoms with Crippen LogP contribution in [-0.2, 0) is 0 Å². The standard InChI is InChI=1S/C15H16F3NS/c16-15(17,18)13(11-12-7-3-1-4-8-12)14(20)19-9-5-2-6-10-19/h1,3-4,7-8,11H,2,5-6,9-10H2/b13-11-. The van der Waals surface area contributed by atoms with Gasteiger partial charge in [-0.1, -0.05) is 42.5 Å². The predicted octanol–water partition coefficient (Wildman–Crippen LogP) is 4.45. The van der Waals surface area contributed by atoms with Crippen LogP contribution in [0.2, 0.25) is 0 Å². The number of nitrogens with zero attached hydrogens (tertiary/aromatic N) is 1. The van der Waals surface area contributed by atoms with Crippen molar-refractivity contribution >= 4 is 23.3 Å². The Hall–Kier alpha value is -1.36. The number of piperidine rings is 1. The van der Waals surface area contributed by atoms with Crippen molar-refractivity contribution in [2.24, 2.45) is 0 Å². The van der Waals surface area contributed by atoms with E-state index >= 15 is 0 Å². The summed E-state index contributed by atoms with van der Waals surface area (Å²) in [6.45, 7) is 1.22. The average molecular weight is 299 g/mol. The van der Waals surface area contributed by atoms with Crippen molar-refractivity contribution in [1.82, 2.24) is 4.90 Å². The van der Waals surface area contributed by atoms with Gasteiger partial charge in [0, 0.05) is 13.1 Å². The molecule has 20 heavy (non-hydrogen) atoms. The second-order valence-electron chi connectivity index (χ2n) is 4.82. The minimum atomic E-state index is -4.43. The molecule has 0 spiro atoms. The first-order valence-corrected chi connectivity index (χ1v) is 7.02. The first-order valence-electron chi connectivity index (χ1n) is 6.62. The first kappa shape index (κ1) is 15.0. The Morgan fingerprint density at radius 1 is 1.05 bits per heavy atom. The summed E-state index contributed by atoms with van der Waals surface area (Å²) in [5.41, 5.74) is -0.209. The van der Waals surface area contributed by atoms with Crippen molar-refractivity contribution in [2.45, 2.75) is 25.4 Å². The maximum atomic E-state index is 13.2. The van der Waals surface area contributed by atoms with Gasteiger partial charge in [0.25, 0.3) is 0 Å². The maximum Gasteiger partial charge on any atom is 0.419 e. The number of halogens is 3. The minimum Gasteiger partial charge on any atom is -0.362 e. The summed E-state index contributed by atoms with van der Waals surface area (Å²) in [5.74, 6) is 0. The highest BCUT2D eigenvalue weighted by Crippen LogP contribution is 2.30. The Morgan fingerprint density at radius 3 is 2.20 bits per heavy atom. The highest BCUT2D eigenvalue weighted by molar-refractivity contribution is 7.80. The van der Waals surface area contributed by atoms with E-state index in [-0.39, 0.29) is 4.99 Å². The van der Waals surface area contributed by atoms with E-state index in [1.54, 1.807) is 35.2 Å². The Labute approximate surface area is 122 Å². The zero-order valence-electron chi connectivity index (χ0n) is 11.0. The van der Waals surface area contributed by atoms with Crippen molar-refractivity contribution in [2.75, 3.05) is 13.1 Å². The largest absolute Gasteiger partial charge is 0.419 e. The molecule has 108 valence electrons. The van der Waals surface area contributed by atoms with Crippen LogP contribution in [0.15, 0.2) is 35.9 Å². The van der Waals surface area contributed by atoms with Gasteiger partial charge in [-0.25, -0.2) is 0 Å². The lowest BCUT2D eigenvalue weighted by atomic mass is 10.1. The van der Waals surface area contributed by atoms with Gasteiger partial charge in [0.1, 0.15) is 4.99 Å². The third-order valence-corrected chi connectivity index (χ3v) is 3.77. The van der Waals surface area contributed by atoms with E-state index < -0.39 is 11.7 Å². The highest BCUT2D eigenvalue weighted by Gasteiger charge is 2.38. The molecule has 1 aliphatic heterocycles. The van der Waals surface area contributed by atoms with Crippen molar-refractivity contribution in [1.29, 1.82) is 0 Å². The Bertz CT molecular complexity index is 488. The monoisotopic (exact) mass is 299 g/mol. The molecule has 1 fully saturated rings. The lowest BCUT2D eigenvalue weighted by Gasteiger charge is -2.30. The second kappa shape index (κ2) is 6.39. The lowest BCUT2D eigenvalue weighted by molar-refractivity contribution is -0.0859. The molecule has 1 aliphatic rings. The van der Waals surface area contributed by atoms with Gasteiger partial charge in [-0.05, 0) is 30.9 Å². The van der Waals surface area contributed by atoms with E-state index in [1.165, 1.54) is 0 Å². The second-order valence-corrected chi connectivity index (χ2v) is 5.21. The normalized spacial score (nSPS) is 17.1. The van der Waals surface area contributed by atoms with Crippen LogP contribution in [0, 0.1) is 0 Å². The number of thiocarbonyl (C=S) groups is 1. The van der Waals surface area contributed by atoms with Gasteiger partial charge in [0.15, 0.2) is 0 Å². The van der Waals surface area contributed by atoms with Crippen molar-refractivity contribution in [3.8, 4) is 0 Å². The number of hydrogen-bond donors (Lipinski definition) is 0. The van der Waals surface area contributed by atoms with E-state index in [0.29, 0.717) is 18.7 Å². The molecule has 0 aromatic heterocycles. The first-order chi connectivity index (χ1) is 9.48. The van der Waals surface area contributed by atoms with Gasteiger partial charge in [-0.3, -0.25) is 0 Å². The number of rotatable bonds is 2. The fourth-order valence-corrected chi connectivity index (χ4v) is 2.61. The van der Waals surface area contributed by atoms with Gasteiger partial charge in [-0.2, -0.15) is 13.2 Å². The number of hydrogen-bond acceptors (Lipinski definition) is 1. The van der Waals surface area contributed by atoms with Gasteiger partial charge in [0.2, 0.25) is 0 Å². The molecule has 5 heteroatoms. The summed E-state index contributed by atoms with van der Waals surface area (Å²) in [6.07, 6.45) is -0.433. The molecule has 2 rings (SSSR count). The summed E-state index contributed by atoms with van der Waals surface area (Å²) in [6, 6.07) is 8.48. The molecule has 0 radical (unpaired) electrons. The Morgan fingerprint density at radius 2 is 1.65 bits per heavy atom. The molecular formula is C15H16F3NS. The van der Waals surface area contributed by atoms with E-state index in [1.807, 2.05) is 0 Å². The van der Waals surface area contributed by atoms with E-state index in [9.17, 15) is 13.2 Å². The van der Waals surface area contributed by atoms with E-state index in [4.69, 9.17) is 12.2 Å². The molecule has 1 aromatic carbocycles. The lowest BCUT2D eigenvalue weighted by Crippen LogP contribution is -2.38.